The molecule has 0 radical (unpaired) electrons. The van der Waals surface area contributed by atoms with E-state index in [0.29, 0.717) is 18.6 Å². The molecule has 0 bridgehead atoms. The lowest BCUT2D eigenvalue weighted by atomic mass is 9.94. The number of fused-ring (bicyclic) bond motifs is 1. The molecule has 0 atom stereocenters. The van der Waals surface area contributed by atoms with Gasteiger partial charge in [0.2, 0.25) is 0 Å². The van der Waals surface area contributed by atoms with E-state index < -0.39 is 8.07 Å². The van der Waals surface area contributed by atoms with E-state index in [9.17, 15) is 4.79 Å². The van der Waals surface area contributed by atoms with E-state index in [1.807, 2.05) is 6.07 Å². The van der Waals surface area contributed by atoms with Crippen molar-refractivity contribution in [1.29, 1.82) is 0 Å². The standard InChI is InChI=1S/C21H30O2Si/c1-6-24(4,5)15-23-21(22)14-18-10-8-11-19-17(13-16(2)3)9-7-12-20(18)19/h7-12,16H,6,13-15H2,1-5H3. The minimum Gasteiger partial charge on any atom is -0.469 e. The first-order valence-electron chi connectivity index (χ1n) is 8.97. The van der Waals surface area contributed by atoms with Gasteiger partial charge < -0.3 is 4.74 Å². The second-order valence-electron chi connectivity index (χ2n) is 7.88. The number of rotatable bonds is 7. The molecule has 3 heteroatoms. The number of hydrogen-bond donors (Lipinski definition) is 0. The summed E-state index contributed by atoms with van der Waals surface area (Å²) in [6.45, 7) is 11.2. The maximum atomic E-state index is 12.3. The summed E-state index contributed by atoms with van der Waals surface area (Å²) in [5.74, 6) is 0.510. The van der Waals surface area contributed by atoms with Crippen LogP contribution in [0.15, 0.2) is 36.4 Å². The van der Waals surface area contributed by atoms with Crippen LogP contribution in [-0.4, -0.2) is 20.3 Å². The SMILES string of the molecule is CC[Si](C)(C)COC(=O)Cc1cccc2c(CC(C)C)cccc12. The average molecular weight is 343 g/mol. The van der Waals surface area contributed by atoms with Crippen molar-refractivity contribution in [2.24, 2.45) is 5.92 Å². The maximum absolute atomic E-state index is 12.3. The Morgan fingerprint density at radius 3 is 2.21 bits per heavy atom. The van der Waals surface area contributed by atoms with Crippen molar-refractivity contribution in [1.82, 2.24) is 0 Å². The Labute approximate surface area is 147 Å². The van der Waals surface area contributed by atoms with E-state index in [4.69, 9.17) is 4.74 Å². The van der Waals surface area contributed by atoms with Crippen molar-refractivity contribution in [3.63, 3.8) is 0 Å². The van der Waals surface area contributed by atoms with Gasteiger partial charge >= 0.3 is 5.97 Å². The van der Waals surface area contributed by atoms with Crippen LogP contribution >= 0.6 is 0 Å². The van der Waals surface area contributed by atoms with Gasteiger partial charge in [-0.2, -0.15) is 0 Å². The molecule has 0 unspecified atom stereocenters. The van der Waals surface area contributed by atoms with Crippen LogP contribution in [0.1, 0.15) is 31.9 Å². The van der Waals surface area contributed by atoms with Crippen LogP contribution in [0, 0.1) is 5.92 Å². The Balaban J connectivity index is 2.19. The lowest BCUT2D eigenvalue weighted by molar-refractivity contribution is -0.141. The maximum Gasteiger partial charge on any atom is 0.309 e. The second-order valence-corrected chi connectivity index (χ2v) is 13.2. The van der Waals surface area contributed by atoms with Gasteiger partial charge in [0.05, 0.1) is 20.7 Å². The van der Waals surface area contributed by atoms with Crippen molar-refractivity contribution < 1.29 is 9.53 Å². The van der Waals surface area contributed by atoms with Gasteiger partial charge in [0, 0.05) is 0 Å². The van der Waals surface area contributed by atoms with E-state index >= 15 is 0 Å². The monoisotopic (exact) mass is 342 g/mol. The van der Waals surface area contributed by atoms with Crippen LogP contribution in [0.25, 0.3) is 10.8 Å². The highest BCUT2D eigenvalue weighted by atomic mass is 28.3. The van der Waals surface area contributed by atoms with Crippen molar-refractivity contribution >= 4 is 24.8 Å². The summed E-state index contributed by atoms with van der Waals surface area (Å²) >= 11 is 0. The molecule has 0 aliphatic carbocycles. The molecule has 24 heavy (non-hydrogen) atoms. The minimum absolute atomic E-state index is 0.106. The molecule has 0 saturated heterocycles. The number of esters is 1. The third kappa shape index (κ3) is 4.94. The molecule has 0 aromatic heterocycles. The molecule has 0 aliphatic rings. The molecular formula is C21H30O2Si. The normalized spacial score (nSPS) is 11.9. The first-order valence-corrected chi connectivity index (χ1v) is 12.4. The largest absolute Gasteiger partial charge is 0.469 e. The number of carbonyl (C=O) groups is 1. The topological polar surface area (TPSA) is 26.3 Å². The van der Waals surface area contributed by atoms with Gasteiger partial charge in [-0.3, -0.25) is 4.79 Å². The van der Waals surface area contributed by atoms with Crippen LogP contribution in [0.3, 0.4) is 0 Å². The number of hydrogen-bond acceptors (Lipinski definition) is 2. The Hall–Kier alpha value is -1.61. The quantitative estimate of drug-likeness (QED) is 0.498. The van der Waals surface area contributed by atoms with Crippen molar-refractivity contribution in [2.45, 2.75) is 52.8 Å². The first-order chi connectivity index (χ1) is 11.3. The van der Waals surface area contributed by atoms with E-state index in [1.54, 1.807) is 0 Å². The van der Waals surface area contributed by atoms with Gasteiger partial charge in [-0.15, -0.1) is 0 Å². The van der Waals surface area contributed by atoms with Gasteiger partial charge in [0.15, 0.2) is 0 Å². The highest BCUT2D eigenvalue weighted by Crippen LogP contribution is 2.25. The highest BCUT2D eigenvalue weighted by Gasteiger charge is 2.21. The Kier molecular flexibility index (Phi) is 6.22. The third-order valence-corrected chi connectivity index (χ3v) is 7.49. The predicted octanol–water partition coefficient (Wildman–Crippen LogP) is 5.39. The predicted molar refractivity (Wildman–Crippen MR) is 105 cm³/mol. The Morgan fingerprint density at radius 2 is 1.62 bits per heavy atom. The molecule has 2 nitrogen and oxygen atoms in total. The fourth-order valence-corrected chi connectivity index (χ4v) is 3.55. The van der Waals surface area contributed by atoms with E-state index in [0.717, 1.165) is 18.0 Å². The minimum atomic E-state index is -1.38. The summed E-state index contributed by atoms with van der Waals surface area (Å²) in [6.07, 6.45) is 2.03. The molecule has 0 amide bonds. The van der Waals surface area contributed by atoms with Crippen LogP contribution in [0.5, 0.6) is 0 Å². The van der Waals surface area contributed by atoms with Crippen LogP contribution in [-0.2, 0) is 22.4 Å². The van der Waals surface area contributed by atoms with Gasteiger partial charge in [0.1, 0.15) is 0 Å². The van der Waals surface area contributed by atoms with Gasteiger partial charge in [-0.05, 0) is 34.2 Å². The lowest BCUT2D eigenvalue weighted by Crippen LogP contribution is -2.33. The molecule has 0 fully saturated rings. The molecule has 0 spiro atoms. The average Bonchev–Trinajstić information content (AvgIpc) is 2.53. The molecule has 0 saturated carbocycles. The molecule has 0 heterocycles. The zero-order valence-corrected chi connectivity index (χ0v) is 16.7. The molecule has 130 valence electrons. The number of ether oxygens (including phenoxy) is 1. The first kappa shape index (κ1) is 18.7. The molecular weight excluding hydrogens is 312 g/mol. The van der Waals surface area contributed by atoms with Crippen molar-refractivity contribution in [2.75, 3.05) is 6.23 Å². The van der Waals surface area contributed by atoms with Crippen molar-refractivity contribution in [3.05, 3.63) is 47.5 Å². The van der Waals surface area contributed by atoms with Crippen LogP contribution in [0.4, 0.5) is 0 Å². The van der Waals surface area contributed by atoms with Crippen molar-refractivity contribution in [3.8, 4) is 0 Å². The molecule has 2 aromatic rings. The summed E-state index contributed by atoms with van der Waals surface area (Å²) in [4.78, 5) is 12.3. The van der Waals surface area contributed by atoms with E-state index in [1.165, 1.54) is 16.3 Å². The van der Waals surface area contributed by atoms with Crippen LogP contribution in [0.2, 0.25) is 19.1 Å². The van der Waals surface area contributed by atoms with E-state index in [-0.39, 0.29) is 5.97 Å². The number of carbonyl (C=O) groups excluding carboxylic acids is 1. The smallest absolute Gasteiger partial charge is 0.309 e. The molecule has 2 rings (SSSR count). The van der Waals surface area contributed by atoms with E-state index in [2.05, 4.69) is 64.2 Å². The summed E-state index contributed by atoms with van der Waals surface area (Å²) < 4.78 is 5.57. The fourth-order valence-electron chi connectivity index (χ4n) is 2.80. The summed E-state index contributed by atoms with van der Waals surface area (Å²) in [6, 6.07) is 13.8. The summed E-state index contributed by atoms with van der Waals surface area (Å²) in [7, 11) is -1.38. The van der Waals surface area contributed by atoms with Gasteiger partial charge in [-0.25, -0.2) is 0 Å². The second kappa shape index (κ2) is 7.97. The number of benzene rings is 2. The summed E-state index contributed by atoms with van der Waals surface area (Å²) in [5.41, 5.74) is 2.43. The zero-order valence-electron chi connectivity index (χ0n) is 15.7. The fraction of sp³-hybridized carbons (Fsp3) is 0.476. The summed E-state index contributed by atoms with van der Waals surface area (Å²) in [5, 5.41) is 2.44. The lowest BCUT2D eigenvalue weighted by Gasteiger charge is -2.19. The van der Waals surface area contributed by atoms with Gasteiger partial charge in [-0.1, -0.05) is 76.3 Å². The Morgan fingerprint density at radius 1 is 1.04 bits per heavy atom. The molecule has 0 aliphatic heterocycles. The third-order valence-electron chi connectivity index (χ3n) is 4.65. The molecule has 2 aromatic carbocycles. The Bertz CT molecular complexity index is 704. The highest BCUT2D eigenvalue weighted by molar-refractivity contribution is 6.77. The van der Waals surface area contributed by atoms with Gasteiger partial charge in [0.25, 0.3) is 0 Å². The molecule has 0 N–H and O–H groups in total. The zero-order chi connectivity index (χ0) is 17.7. The van der Waals surface area contributed by atoms with Crippen LogP contribution < -0.4 is 0 Å².